The molecule has 1 aromatic carbocycles. The topological polar surface area (TPSA) is 40.6 Å². The molecule has 1 aromatic rings. The standard InChI is InChI=1S/C11H13N2O2/c1-12(2)13(9-15)11(8-14)10-6-4-3-5-7-10/h3-7,9,11H,1-2H3/t11-/m0/s1. The van der Waals surface area contributed by atoms with Gasteiger partial charge in [-0.25, -0.2) is 5.01 Å². The van der Waals surface area contributed by atoms with E-state index in [1.807, 2.05) is 24.5 Å². The first-order chi connectivity index (χ1) is 7.20. The Morgan fingerprint density at radius 3 is 2.27 bits per heavy atom. The fourth-order valence-electron chi connectivity index (χ4n) is 1.30. The maximum atomic E-state index is 10.9. The number of nitrogens with zero attached hydrogens (tertiary/aromatic N) is 2. The van der Waals surface area contributed by atoms with Crippen molar-refractivity contribution in [2.24, 2.45) is 0 Å². The molecule has 0 saturated carbocycles. The predicted molar refractivity (Wildman–Crippen MR) is 56.5 cm³/mol. The van der Waals surface area contributed by atoms with Crippen molar-refractivity contribution < 1.29 is 9.59 Å². The zero-order chi connectivity index (χ0) is 11.3. The van der Waals surface area contributed by atoms with Crippen LogP contribution in [0.2, 0.25) is 0 Å². The van der Waals surface area contributed by atoms with Gasteiger partial charge in [-0.05, 0) is 5.56 Å². The first-order valence-corrected chi connectivity index (χ1v) is 4.54. The summed E-state index contributed by atoms with van der Waals surface area (Å²) in [6.07, 6.45) is 2.47. The average Bonchev–Trinajstić information content (AvgIpc) is 2.26. The van der Waals surface area contributed by atoms with Crippen LogP contribution >= 0.6 is 0 Å². The van der Waals surface area contributed by atoms with Crippen molar-refractivity contribution in [2.75, 3.05) is 14.1 Å². The second kappa shape index (κ2) is 5.26. The minimum Gasteiger partial charge on any atom is -0.288 e. The van der Waals surface area contributed by atoms with Crippen LogP contribution in [0.25, 0.3) is 0 Å². The average molecular weight is 205 g/mol. The maximum absolute atomic E-state index is 10.9. The van der Waals surface area contributed by atoms with Gasteiger partial charge in [0, 0.05) is 14.1 Å². The van der Waals surface area contributed by atoms with E-state index in [1.54, 1.807) is 31.2 Å². The Morgan fingerprint density at radius 1 is 1.27 bits per heavy atom. The summed E-state index contributed by atoms with van der Waals surface area (Å²) in [5.74, 6) is 0. The highest BCUT2D eigenvalue weighted by molar-refractivity contribution is 5.66. The van der Waals surface area contributed by atoms with Crippen molar-refractivity contribution in [1.29, 1.82) is 0 Å². The summed E-state index contributed by atoms with van der Waals surface area (Å²) >= 11 is 0. The molecule has 0 spiro atoms. The van der Waals surface area contributed by atoms with Crippen LogP contribution in [0, 0.1) is 0 Å². The van der Waals surface area contributed by atoms with Gasteiger partial charge in [0.15, 0.2) is 0 Å². The summed E-state index contributed by atoms with van der Waals surface area (Å²) in [5, 5.41) is 2.83. The first-order valence-electron chi connectivity index (χ1n) is 4.54. The molecule has 0 saturated heterocycles. The molecule has 1 rings (SSSR count). The quantitative estimate of drug-likeness (QED) is 0.526. The Bertz CT molecular complexity index is 325. The summed E-state index contributed by atoms with van der Waals surface area (Å²) in [6, 6.07) is 8.38. The van der Waals surface area contributed by atoms with Crippen molar-refractivity contribution in [2.45, 2.75) is 6.04 Å². The van der Waals surface area contributed by atoms with E-state index in [1.165, 1.54) is 5.01 Å². The fraction of sp³-hybridized carbons (Fsp3) is 0.273. The molecule has 0 aliphatic carbocycles. The van der Waals surface area contributed by atoms with Crippen LogP contribution in [0.15, 0.2) is 30.3 Å². The Balaban J connectivity index is 2.97. The smallest absolute Gasteiger partial charge is 0.229 e. The molecule has 0 heterocycles. The van der Waals surface area contributed by atoms with Crippen LogP contribution in [0.5, 0.6) is 0 Å². The highest BCUT2D eigenvalue weighted by atomic mass is 16.2. The van der Waals surface area contributed by atoms with Gasteiger partial charge in [0.05, 0.1) is 0 Å². The van der Waals surface area contributed by atoms with Gasteiger partial charge in [-0.1, -0.05) is 30.3 Å². The molecule has 1 amide bonds. The molecule has 4 heteroatoms. The summed E-state index contributed by atoms with van der Waals surface area (Å²) in [4.78, 5) is 21.7. The van der Waals surface area contributed by atoms with Crippen molar-refractivity contribution in [1.82, 2.24) is 10.0 Å². The zero-order valence-electron chi connectivity index (χ0n) is 8.75. The molecular formula is C11H13N2O2. The molecule has 4 nitrogen and oxygen atoms in total. The van der Waals surface area contributed by atoms with Crippen LogP contribution in [0.3, 0.4) is 0 Å². The van der Waals surface area contributed by atoms with Gasteiger partial charge < -0.3 is 0 Å². The van der Waals surface area contributed by atoms with Crippen LogP contribution in [-0.2, 0) is 9.59 Å². The minimum atomic E-state index is -0.682. The number of amides is 1. The first kappa shape index (κ1) is 11.4. The van der Waals surface area contributed by atoms with E-state index in [2.05, 4.69) is 0 Å². The largest absolute Gasteiger partial charge is 0.288 e. The molecule has 0 aliphatic heterocycles. The lowest BCUT2D eigenvalue weighted by atomic mass is 10.1. The number of carbonyl (C=O) groups excluding carboxylic acids is 2. The van der Waals surface area contributed by atoms with E-state index < -0.39 is 6.04 Å². The third kappa shape index (κ3) is 2.63. The van der Waals surface area contributed by atoms with Gasteiger partial charge in [-0.2, -0.15) is 0 Å². The summed E-state index contributed by atoms with van der Waals surface area (Å²) in [5.41, 5.74) is 0.744. The van der Waals surface area contributed by atoms with Crippen LogP contribution < -0.4 is 0 Å². The van der Waals surface area contributed by atoms with Gasteiger partial charge in [0.25, 0.3) is 0 Å². The number of hydrogen-bond donors (Lipinski definition) is 0. The Labute approximate surface area is 89.1 Å². The summed E-state index contributed by atoms with van der Waals surface area (Å²) in [6.45, 7) is 0. The zero-order valence-corrected chi connectivity index (χ0v) is 8.75. The molecular weight excluding hydrogens is 192 g/mol. The summed E-state index contributed by atoms with van der Waals surface area (Å²) < 4.78 is 0. The number of hydrazine groups is 1. The van der Waals surface area contributed by atoms with Crippen molar-refractivity contribution in [3.05, 3.63) is 35.9 Å². The molecule has 0 fully saturated rings. The monoisotopic (exact) mass is 205 g/mol. The third-order valence-electron chi connectivity index (χ3n) is 2.06. The van der Waals surface area contributed by atoms with E-state index in [0.717, 1.165) is 5.56 Å². The second-order valence-corrected chi connectivity index (χ2v) is 3.26. The van der Waals surface area contributed by atoms with Crippen molar-refractivity contribution in [3.63, 3.8) is 0 Å². The molecule has 0 unspecified atom stereocenters. The Morgan fingerprint density at radius 2 is 1.87 bits per heavy atom. The second-order valence-electron chi connectivity index (χ2n) is 3.26. The lowest BCUT2D eigenvalue weighted by Gasteiger charge is -2.29. The van der Waals surface area contributed by atoms with E-state index in [-0.39, 0.29) is 0 Å². The lowest BCUT2D eigenvalue weighted by Crippen LogP contribution is -2.39. The van der Waals surface area contributed by atoms with E-state index >= 15 is 0 Å². The third-order valence-corrected chi connectivity index (χ3v) is 2.06. The minimum absolute atomic E-state index is 0.614. The predicted octanol–water partition coefficient (Wildman–Crippen LogP) is 0.772. The van der Waals surface area contributed by atoms with Gasteiger partial charge in [0.2, 0.25) is 12.7 Å². The molecule has 0 aromatic heterocycles. The van der Waals surface area contributed by atoms with E-state index in [4.69, 9.17) is 0 Å². The van der Waals surface area contributed by atoms with E-state index in [9.17, 15) is 9.59 Å². The van der Waals surface area contributed by atoms with Crippen LogP contribution in [0.4, 0.5) is 0 Å². The number of hydrogen-bond acceptors (Lipinski definition) is 3. The molecule has 1 radical (unpaired) electrons. The Kier molecular flexibility index (Phi) is 4.00. The normalized spacial score (nSPS) is 12.2. The van der Waals surface area contributed by atoms with E-state index in [0.29, 0.717) is 6.41 Å². The van der Waals surface area contributed by atoms with Crippen LogP contribution in [-0.4, -0.2) is 36.8 Å². The van der Waals surface area contributed by atoms with Crippen LogP contribution in [0.1, 0.15) is 11.6 Å². The molecule has 1 atom stereocenters. The SMILES string of the molecule is CN(C)N(C=O)[C@@H]([C]=O)c1ccccc1. The van der Waals surface area contributed by atoms with Crippen molar-refractivity contribution >= 4 is 12.7 Å². The fourth-order valence-corrected chi connectivity index (χ4v) is 1.30. The highest BCUT2D eigenvalue weighted by Crippen LogP contribution is 2.17. The molecule has 0 bridgehead atoms. The molecule has 0 aliphatic rings. The Hall–Kier alpha value is -1.68. The van der Waals surface area contributed by atoms with Gasteiger partial charge >= 0.3 is 0 Å². The molecule has 79 valence electrons. The van der Waals surface area contributed by atoms with Gasteiger partial charge in [-0.15, -0.1) is 0 Å². The number of carbonyl (C=O) groups is 1. The highest BCUT2D eigenvalue weighted by Gasteiger charge is 2.20. The van der Waals surface area contributed by atoms with Crippen molar-refractivity contribution in [3.8, 4) is 0 Å². The van der Waals surface area contributed by atoms with Gasteiger partial charge in [-0.3, -0.25) is 14.6 Å². The lowest BCUT2D eigenvalue weighted by molar-refractivity contribution is -0.132. The number of rotatable bonds is 5. The molecule has 0 N–H and O–H groups in total. The molecule has 15 heavy (non-hydrogen) atoms. The van der Waals surface area contributed by atoms with Gasteiger partial charge in [0.1, 0.15) is 6.04 Å². The maximum Gasteiger partial charge on any atom is 0.229 e. The summed E-state index contributed by atoms with van der Waals surface area (Å²) in [7, 11) is 3.39. The number of benzene rings is 1.